The minimum absolute atomic E-state index is 0.0242. The van der Waals surface area contributed by atoms with E-state index >= 15 is 0 Å². The fourth-order valence-corrected chi connectivity index (χ4v) is 1.77. The summed E-state index contributed by atoms with van der Waals surface area (Å²) in [5.74, 6) is -0.417. The summed E-state index contributed by atoms with van der Waals surface area (Å²) >= 11 is 0. The summed E-state index contributed by atoms with van der Waals surface area (Å²) in [5, 5.41) is 11.0. The van der Waals surface area contributed by atoms with E-state index in [2.05, 4.69) is 4.98 Å². The van der Waals surface area contributed by atoms with Gasteiger partial charge in [-0.1, -0.05) is 12.1 Å². The molecule has 0 fully saturated rings. The quantitative estimate of drug-likeness (QED) is 0.485. The van der Waals surface area contributed by atoms with E-state index < -0.39 is 10.9 Å². The lowest BCUT2D eigenvalue weighted by molar-refractivity contribution is -0.384. The number of aromatic nitrogens is 1. The molecule has 6 nitrogen and oxygen atoms in total. The third kappa shape index (κ3) is 2.80. The van der Waals surface area contributed by atoms with Crippen molar-refractivity contribution >= 4 is 11.7 Å². The van der Waals surface area contributed by atoms with Crippen molar-refractivity contribution in [1.29, 1.82) is 0 Å². The predicted molar refractivity (Wildman–Crippen MR) is 72.3 cm³/mol. The number of hydrogen-bond donors (Lipinski definition) is 0. The van der Waals surface area contributed by atoms with Gasteiger partial charge in [0.1, 0.15) is 0 Å². The maximum absolute atomic E-state index is 11.5. The van der Waals surface area contributed by atoms with Crippen molar-refractivity contribution in [3.8, 4) is 11.1 Å². The van der Waals surface area contributed by atoms with Crippen LogP contribution in [0.1, 0.15) is 17.3 Å². The second-order valence-electron chi connectivity index (χ2n) is 3.95. The van der Waals surface area contributed by atoms with Gasteiger partial charge < -0.3 is 4.74 Å². The van der Waals surface area contributed by atoms with Gasteiger partial charge in [0.25, 0.3) is 5.69 Å². The molecule has 6 heteroatoms. The van der Waals surface area contributed by atoms with Gasteiger partial charge in [0.15, 0.2) is 0 Å². The molecule has 0 saturated carbocycles. The highest BCUT2D eigenvalue weighted by atomic mass is 16.6. The molecule has 0 saturated heterocycles. The van der Waals surface area contributed by atoms with Gasteiger partial charge in [-0.05, 0) is 24.6 Å². The zero-order valence-corrected chi connectivity index (χ0v) is 10.8. The SMILES string of the molecule is CCOC(=O)c1ccc(-c2cnccc2[N+](=O)[O-])cc1. The summed E-state index contributed by atoms with van der Waals surface area (Å²) < 4.78 is 4.88. The summed E-state index contributed by atoms with van der Waals surface area (Å²) in [6.07, 6.45) is 2.80. The van der Waals surface area contributed by atoms with Crippen LogP contribution < -0.4 is 0 Å². The summed E-state index contributed by atoms with van der Waals surface area (Å²) in [6, 6.07) is 7.76. The first-order valence-corrected chi connectivity index (χ1v) is 5.99. The van der Waals surface area contributed by atoms with Crippen LogP contribution in [0.4, 0.5) is 5.69 Å². The Labute approximate surface area is 115 Å². The lowest BCUT2D eigenvalue weighted by atomic mass is 10.0. The van der Waals surface area contributed by atoms with E-state index in [4.69, 9.17) is 4.74 Å². The molecule has 1 heterocycles. The number of carbonyl (C=O) groups is 1. The molecule has 102 valence electrons. The molecule has 0 bridgehead atoms. The van der Waals surface area contributed by atoms with Gasteiger partial charge in [-0.25, -0.2) is 4.79 Å². The number of nitrogens with zero attached hydrogens (tertiary/aromatic N) is 2. The lowest BCUT2D eigenvalue weighted by Gasteiger charge is -2.04. The van der Waals surface area contributed by atoms with Gasteiger partial charge >= 0.3 is 5.97 Å². The largest absolute Gasteiger partial charge is 0.462 e. The molecule has 2 rings (SSSR count). The number of carbonyl (C=O) groups excluding carboxylic acids is 1. The Balaban J connectivity index is 2.36. The Morgan fingerprint density at radius 2 is 2.00 bits per heavy atom. The second kappa shape index (κ2) is 5.92. The first-order chi connectivity index (χ1) is 9.63. The van der Waals surface area contributed by atoms with Crippen LogP contribution in [0.3, 0.4) is 0 Å². The predicted octanol–water partition coefficient (Wildman–Crippen LogP) is 2.83. The highest BCUT2D eigenvalue weighted by Crippen LogP contribution is 2.28. The molecule has 0 atom stereocenters. The molecule has 0 aliphatic heterocycles. The summed E-state index contributed by atoms with van der Waals surface area (Å²) in [4.78, 5) is 25.9. The third-order valence-corrected chi connectivity index (χ3v) is 2.70. The molecule has 0 radical (unpaired) electrons. The molecule has 0 aliphatic rings. The fraction of sp³-hybridized carbons (Fsp3) is 0.143. The maximum atomic E-state index is 11.5. The molecule has 0 aliphatic carbocycles. The Morgan fingerprint density at radius 3 is 2.60 bits per heavy atom. The highest BCUT2D eigenvalue weighted by Gasteiger charge is 2.15. The van der Waals surface area contributed by atoms with Crippen molar-refractivity contribution in [3.63, 3.8) is 0 Å². The standard InChI is InChI=1S/C14H12N2O4/c1-2-20-14(17)11-5-3-10(4-6-11)12-9-15-8-7-13(12)16(18)19/h3-9H,2H2,1H3. The van der Waals surface area contributed by atoms with E-state index in [1.54, 1.807) is 31.2 Å². The highest BCUT2D eigenvalue weighted by molar-refractivity contribution is 5.90. The number of nitro groups is 1. The van der Waals surface area contributed by atoms with Crippen molar-refractivity contribution in [2.75, 3.05) is 6.61 Å². The normalized spacial score (nSPS) is 10.1. The molecule has 2 aromatic rings. The fourth-order valence-electron chi connectivity index (χ4n) is 1.77. The number of hydrogen-bond acceptors (Lipinski definition) is 5. The summed E-state index contributed by atoms with van der Waals surface area (Å²) in [5.41, 5.74) is 1.41. The topological polar surface area (TPSA) is 82.3 Å². The van der Waals surface area contributed by atoms with Gasteiger partial charge in [0.2, 0.25) is 0 Å². The summed E-state index contributed by atoms with van der Waals surface area (Å²) in [6.45, 7) is 2.03. The lowest BCUT2D eigenvalue weighted by Crippen LogP contribution is -2.04. The van der Waals surface area contributed by atoms with Gasteiger partial charge in [-0.2, -0.15) is 0 Å². The van der Waals surface area contributed by atoms with Crippen molar-refractivity contribution in [2.24, 2.45) is 0 Å². The van der Waals surface area contributed by atoms with Crippen LogP contribution in [-0.4, -0.2) is 22.5 Å². The van der Waals surface area contributed by atoms with Gasteiger partial charge in [0, 0.05) is 18.5 Å². The van der Waals surface area contributed by atoms with Gasteiger partial charge in [-0.3, -0.25) is 15.1 Å². The first kappa shape index (κ1) is 13.7. The molecule has 1 aromatic heterocycles. The Morgan fingerprint density at radius 1 is 1.30 bits per heavy atom. The van der Waals surface area contributed by atoms with Crippen LogP contribution in [0.15, 0.2) is 42.7 Å². The van der Waals surface area contributed by atoms with E-state index in [0.29, 0.717) is 23.3 Å². The Hall–Kier alpha value is -2.76. The van der Waals surface area contributed by atoms with Crippen molar-refractivity contribution in [2.45, 2.75) is 6.92 Å². The van der Waals surface area contributed by atoms with E-state index in [1.165, 1.54) is 18.5 Å². The maximum Gasteiger partial charge on any atom is 0.338 e. The van der Waals surface area contributed by atoms with Crippen LogP contribution in [0.25, 0.3) is 11.1 Å². The van der Waals surface area contributed by atoms with E-state index in [1.807, 2.05) is 0 Å². The molecular weight excluding hydrogens is 260 g/mol. The van der Waals surface area contributed by atoms with E-state index in [-0.39, 0.29) is 5.69 Å². The van der Waals surface area contributed by atoms with Crippen molar-refractivity contribution in [1.82, 2.24) is 4.98 Å². The van der Waals surface area contributed by atoms with Crippen LogP contribution in [-0.2, 0) is 4.74 Å². The zero-order chi connectivity index (χ0) is 14.5. The van der Waals surface area contributed by atoms with Crippen LogP contribution in [0, 0.1) is 10.1 Å². The van der Waals surface area contributed by atoms with Crippen molar-refractivity contribution < 1.29 is 14.5 Å². The Bertz CT molecular complexity index is 638. The second-order valence-corrected chi connectivity index (χ2v) is 3.95. The zero-order valence-electron chi connectivity index (χ0n) is 10.8. The number of pyridine rings is 1. The molecule has 0 N–H and O–H groups in total. The number of benzene rings is 1. The minimum Gasteiger partial charge on any atom is -0.462 e. The molecule has 20 heavy (non-hydrogen) atoms. The van der Waals surface area contributed by atoms with Crippen LogP contribution >= 0.6 is 0 Å². The van der Waals surface area contributed by atoms with Crippen LogP contribution in [0.2, 0.25) is 0 Å². The van der Waals surface area contributed by atoms with E-state index in [0.717, 1.165) is 0 Å². The average Bonchev–Trinajstić information content (AvgIpc) is 2.47. The molecule has 0 spiro atoms. The minimum atomic E-state index is -0.462. The summed E-state index contributed by atoms with van der Waals surface area (Å²) in [7, 11) is 0. The van der Waals surface area contributed by atoms with Crippen LogP contribution in [0.5, 0.6) is 0 Å². The van der Waals surface area contributed by atoms with E-state index in [9.17, 15) is 14.9 Å². The monoisotopic (exact) mass is 272 g/mol. The third-order valence-electron chi connectivity index (χ3n) is 2.70. The smallest absolute Gasteiger partial charge is 0.338 e. The van der Waals surface area contributed by atoms with Crippen molar-refractivity contribution in [3.05, 3.63) is 58.4 Å². The average molecular weight is 272 g/mol. The Kier molecular flexibility index (Phi) is 4.05. The number of ether oxygens (including phenoxy) is 1. The number of esters is 1. The molecule has 0 unspecified atom stereocenters. The molecular formula is C14H12N2O4. The first-order valence-electron chi connectivity index (χ1n) is 5.99. The number of rotatable bonds is 4. The van der Waals surface area contributed by atoms with Gasteiger partial charge in [-0.15, -0.1) is 0 Å². The molecule has 1 aromatic carbocycles. The molecule has 0 amide bonds. The van der Waals surface area contributed by atoms with Gasteiger partial charge in [0.05, 0.1) is 22.7 Å².